The van der Waals surface area contributed by atoms with E-state index in [4.69, 9.17) is 9.47 Å². The van der Waals surface area contributed by atoms with E-state index in [1.807, 2.05) is 0 Å². The van der Waals surface area contributed by atoms with E-state index < -0.39 is 58.6 Å². The fourth-order valence-electron chi connectivity index (χ4n) is 7.72. The zero-order chi connectivity index (χ0) is 35.0. The van der Waals surface area contributed by atoms with Crippen molar-refractivity contribution in [3.63, 3.8) is 0 Å². The fraction of sp³-hybridized carbons (Fsp3) is 0.389. The van der Waals surface area contributed by atoms with Gasteiger partial charge in [-0.05, 0) is 64.3 Å². The van der Waals surface area contributed by atoms with E-state index in [2.05, 4.69) is 5.32 Å². The highest BCUT2D eigenvalue weighted by Gasteiger charge is 2.83. The third-order valence-corrected chi connectivity index (χ3v) is 9.21. The number of hydrogen-bond acceptors (Lipinski definition) is 7. The summed E-state index contributed by atoms with van der Waals surface area (Å²) in [7, 11) is 0. The number of hydrogen-bond donors (Lipinski definition) is 1. The number of anilines is 2. The van der Waals surface area contributed by atoms with E-state index in [0.717, 1.165) is 0 Å². The van der Waals surface area contributed by atoms with E-state index in [0.29, 0.717) is 21.6 Å². The molecule has 252 valence electrons. The average molecular weight is 664 g/mol. The van der Waals surface area contributed by atoms with Crippen molar-refractivity contribution in [1.29, 1.82) is 0 Å². The summed E-state index contributed by atoms with van der Waals surface area (Å²) < 4.78 is 57.0. The van der Waals surface area contributed by atoms with Gasteiger partial charge in [0.2, 0.25) is 0 Å². The minimum absolute atomic E-state index is 0.0371. The quantitative estimate of drug-likeness (QED) is 0.343. The molecule has 3 aromatic rings. The van der Waals surface area contributed by atoms with Gasteiger partial charge in [0.05, 0.1) is 18.8 Å². The first kappa shape index (κ1) is 33.2. The topological polar surface area (TPSA) is 105 Å². The van der Waals surface area contributed by atoms with Crippen LogP contribution in [0.1, 0.15) is 55.5 Å². The number of para-hydroxylation sites is 1. The Labute approximate surface area is 276 Å². The van der Waals surface area contributed by atoms with Crippen LogP contribution in [-0.4, -0.2) is 48.3 Å². The number of halogens is 3. The number of esters is 1. The largest absolute Gasteiger partial charge is 0.466 e. The summed E-state index contributed by atoms with van der Waals surface area (Å²) in [6.07, 6.45) is -6.29. The van der Waals surface area contributed by atoms with E-state index in [1.165, 1.54) is 24.0 Å². The number of carbonyl (C=O) groups excluding carboxylic acids is 4. The molecule has 0 bridgehead atoms. The Kier molecular flexibility index (Phi) is 7.74. The number of alkyl halides is 3. The summed E-state index contributed by atoms with van der Waals surface area (Å²) in [4.78, 5) is 60.7. The lowest BCUT2D eigenvalue weighted by atomic mass is 9.58. The normalized spacial score (nSPS) is 24.8. The monoisotopic (exact) mass is 663 g/mol. The molecule has 12 heteroatoms. The molecule has 3 heterocycles. The second-order valence-corrected chi connectivity index (χ2v) is 13.4. The zero-order valence-corrected chi connectivity index (χ0v) is 27.4. The molecule has 3 aliphatic heterocycles. The van der Waals surface area contributed by atoms with Gasteiger partial charge in [-0.25, -0.2) is 9.69 Å². The number of rotatable bonds is 4. The molecule has 0 aliphatic carbocycles. The van der Waals surface area contributed by atoms with Gasteiger partial charge in [0.1, 0.15) is 28.5 Å². The molecule has 4 atom stereocenters. The molecule has 0 unspecified atom stereocenters. The third kappa shape index (κ3) is 4.63. The molecule has 0 aromatic heterocycles. The summed E-state index contributed by atoms with van der Waals surface area (Å²) in [6, 6.07) is 15.6. The Hall–Kier alpha value is -4.71. The number of nitrogens with one attached hydrogen (secondary N) is 1. The van der Waals surface area contributed by atoms with Gasteiger partial charge in [0.25, 0.3) is 11.8 Å². The maximum Gasteiger partial charge on any atom is 0.421 e. The van der Waals surface area contributed by atoms with Crippen LogP contribution in [0.4, 0.5) is 29.3 Å². The first-order chi connectivity index (χ1) is 22.5. The minimum atomic E-state index is -5.14. The Morgan fingerprint density at radius 1 is 0.917 bits per heavy atom. The number of amides is 3. The van der Waals surface area contributed by atoms with Crippen molar-refractivity contribution in [2.24, 2.45) is 5.92 Å². The van der Waals surface area contributed by atoms with Crippen molar-refractivity contribution in [3.8, 4) is 0 Å². The molecule has 1 saturated heterocycles. The molecule has 9 nitrogen and oxygen atoms in total. The number of benzene rings is 3. The molecule has 0 radical (unpaired) electrons. The van der Waals surface area contributed by atoms with Crippen molar-refractivity contribution in [2.75, 3.05) is 16.4 Å². The fourth-order valence-corrected chi connectivity index (χ4v) is 7.72. The summed E-state index contributed by atoms with van der Waals surface area (Å²) >= 11 is 0. The standard InChI is InChI=1S/C36H36F3N3O6/c1-7-47-29(43)26-28(36(37,38)39)40-35(23-15-11-12-16-25(23)41(31(35)45)19-22-13-9-8-10-14-22)34(26)24-18-20(2)17-21(3)27(24)42(30(34)44)32(46)48-33(4,5)6/h8-18,26,28,40H,7,19H2,1-6H3/t26-,28-,34+,35-/m1/s1. The summed E-state index contributed by atoms with van der Waals surface area (Å²) in [5.74, 6) is -5.72. The van der Waals surface area contributed by atoms with Gasteiger partial charge in [-0.15, -0.1) is 0 Å². The smallest absolute Gasteiger partial charge is 0.421 e. The van der Waals surface area contributed by atoms with Crippen molar-refractivity contribution < 1.29 is 41.8 Å². The molecular weight excluding hydrogens is 627 g/mol. The van der Waals surface area contributed by atoms with Crippen LogP contribution in [0.3, 0.4) is 0 Å². The molecule has 0 saturated carbocycles. The van der Waals surface area contributed by atoms with Crippen molar-refractivity contribution in [3.05, 3.63) is 94.5 Å². The highest BCUT2D eigenvalue weighted by molar-refractivity contribution is 6.27. The van der Waals surface area contributed by atoms with Crippen LogP contribution in [0.5, 0.6) is 0 Å². The third-order valence-electron chi connectivity index (χ3n) is 9.21. The van der Waals surface area contributed by atoms with Gasteiger partial charge in [-0.1, -0.05) is 66.2 Å². The van der Waals surface area contributed by atoms with Crippen LogP contribution >= 0.6 is 0 Å². The van der Waals surface area contributed by atoms with E-state index in [1.54, 1.807) is 89.2 Å². The maximum atomic E-state index is 15.4. The van der Waals surface area contributed by atoms with Gasteiger partial charge in [0, 0.05) is 11.3 Å². The van der Waals surface area contributed by atoms with Crippen LogP contribution in [0.15, 0.2) is 66.7 Å². The van der Waals surface area contributed by atoms with E-state index in [9.17, 15) is 9.59 Å². The van der Waals surface area contributed by atoms with Gasteiger partial charge < -0.3 is 14.4 Å². The SMILES string of the molecule is CCOC(=O)[C@H]1[C@H](C(F)(F)F)N[C@]2(C(=O)N(Cc3ccccc3)c3ccccc32)[C@]12C(=O)N(C(=O)OC(C)(C)C)c1c(C)cc(C)cc12. The van der Waals surface area contributed by atoms with Crippen LogP contribution < -0.4 is 15.1 Å². The molecule has 3 amide bonds. The lowest BCUT2D eigenvalue weighted by Gasteiger charge is -2.40. The molecule has 48 heavy (non-hydrogen) atoms. The lowest BCUT2D eigenvalue weighted by Crippen LogP contribution is -2.64. The molecule has 2 spiro atoms. The predicted octanol–water partition coefficient (Wildman–Crippen LogP) is 5.98. The summed E-state index contributed by atoms with van der Waals surface area (Å²) in [5, 5.41) is 2.55. The number of aryl methyl sites for hydroxylation is 2. The zero-order valence-electron chi connectivity index (χ0n) is 27.4. The van der Waals surface area contributed by atoms with Gasteiger partial charge in [0.15, 0.2) is 0 Å². The van der Waals surface area contributed by atoms with Crippen LogP contribution in [0.25, 0.3) is 0 Å². The second-order valence-electron chi connectivity index (χ2n) is 13.4. The number of nitrogens with zero attached hydrogens (tertiary/aromatic N) is 2. The van der Waals surface area contributed by atoms with Gasteiger partial charge in [-0.3, -0.25) is 19.7 Å². The molecule has 1 fully saturated rings. The highest BCUT2D eigenvalue weighted by Crippen LogP contribution is 2.66. The summed E-state index contributed by atoms with van der Waals surface area (Å²) in [6.45, 7) is 9.15. The maximum absolute atomic E-state index is 15.4. The molecule has 3 aliphatic rings. The van der Waals surface area contributed by atoms with Crippen molar-refractivity contribution in [1.82, 2.24) is 5.32 Å². The molecule has 1 N–H and O–H groups in total. The van der Waals surface area contributed by atoms with Crippen molar-refractivity contribution in [2.45, 2.75) is 76.9 Å². The molecule has 6 rings (SSSR count). The number of imide groups is 1. The number of fused-ring (bicyclic) bond motifs is 5. The Morgan fingerprint density at radius 3 is 2.19 bits per heavy atom. The highest BCUT2D eigenvalue weighted by atomic mass is 19.4. The predicted molar refractivity (Wildman–Crippen MR) is 170 cm³/mol. The molecular formula is C36H36F3N3O6. The van der Waals surface area contributed by atoms with E-state index in [-0.39, 0.29) is 35.7 Å². The van der Waals surface area contributed by atoms with Crippen molar-refractivity contribution >= 4 is 35.3 Å². The Balaban J connectivity index is 1.74. The Morgan fingerprint density at radius 2 is 1.56 bits per heavy atom. The number of carbonyl (C=O) groups is 4. The average Bonchev–Trinajstić information content (AvgIpc) is 3.55. The van der Waals surface area contributed by atoms with E-state index >= 15 is 22.8 Å². The van der Waals surface area contributed by atoms with Crippen LogP contribution in [-0.2, 0) is 41.4 Å². The van der Waals surface area contributed by atoms with Crippen LogP contribution in [0.2, 0.25) is 0 Å². The molecule has 3 aromatic carbocycles. The minimum Gasteiger partial charge on any atom is -0.466 e. The number of ether oxygens (including phenoxy) is 2. The first-order valence-electron chi connectivity index (χ1n) is 15.7. The lowest BCUT2D eigenvalue weighted by molar-refractivity contribution is -0.179. The second kappa shape index (κ2) is 11.2. The first-order valence-corrected chi connectivity index (χ1v) is 15.7. The Bertz CT molecular complexity index is 1840. The van der Waals surface area contributed by atoms with Gasteiger partial charge in [-0.2, -0.15) is 13.2 Å². The van der Waals surface area contributed by atoms with Crippen LogP contribution in [0, 0.1) is 19.8 Å². The summed E-state index contributed by atoms with van der Waals surface area (Å²) in [5.41, 5.74) is -4.43. The van der Waals surface area contributed by atoms with Gasteiger partial charge >= 0.3 is 18.2 Å².